The fraction of sp³-hybridized carbons (Fsp3) is 0.615. The highest BCUT2D eigenvalue weighted by atomic mass is 15.3. The largest absolute Gasteiger partial charge is 0.355 e. The maximum Gasteiger partial charge on any atom is 0.151 e. The predicted octanol–water partition coefficient (Wildman–Crippen LogP) is 5.30. The Bertz CT molecular complexity index is 859. The molecule has 0 N–H and O–H groups in total. The number of nitrogens with zero attached hydrogens (tertiary/aromatic N) is 4. The molecule has 1 spiro atoms. The molecule has 0 unspecified atom stereocenters. The Morgan fingerprint density at radius 3 is 2.00 bits per heavy atom. The van der Waals surface area contributed by atoms with Crippen molar-refractivity contribution in [2.75, 3.05) is 31.1 Å². The summed E-state index contributed by atoms with van der Waals surface area (Å²) in [6, 6.07) is 9.72. The summed E-state index contributed by atoms with van der Waals surface area (Å²) in [6.07, 6.45) is 9.75. The summed E-state index contributed by atoms with van der Waals surface area (Å²) in [5.41, 5.74) is 6.67. The number of likely N-dealkylation sites (tertiary alicyclic amines) is 1. The lowest BCUT2D eigenvalue weighted by Gasteiger charge is -2.50. The summed E-state index contributed by atoms with van der Waals surface area (Å²) in [5, 5.41) is 9.26. The van der Waals surface area contributed by atoms with Gasteiger partial charge in [0.05, 0.1) is 5.69 Å². The zero-order valence-electron chi connectivity index (χ0n) is 19.0. The molecule has 0 amide bonds. The van der Waals surface area contributed by atoms with E-state index in [2.05, 4.69) is 65.0 Å². The Morgan fingerprint density at radius 1 is 0.833 bits per heavy atom. The minimum atomic E-state index is 0.584. The molecule has 160 valence electrons. The van der Waals surface area contributed by atoms with E-state index in [1.54, 1.807) is 0 Å². The van der Waals surface area contributed by atoms with Gasteiger partial charge in [-0.1, -0.05) is 24.1 Å². The van der Waals surface area contributed by atoms with Gasteiger partial charge in [0.1, 0.15) is 0 Å². The molecule has 5 rings (SSSR count). The van der Waals surface area contributed by atoms with Crippen molar-refractivity contribution in [1.29, 1.82) is 0 Å². The predicted molar refractivity (Wildman–Crippen MR) is 124 cm³/mol. The van der Waals surface area contributed by atoms with Crippen molar-refractivity contribution in [3.8, 4) is 11.3 Å². The van der Waals surface area contributed by atoms with Crippen molar-refractivity contribution in [1.82, 2.24) is 15.1 Å². The van der Waals surface area contributed by atoms with E-state index in [9.17, 15) is 0 Å². The summed E-state index contributed by atoms with van der Waals surface area (Å²) < 4.78 is 0. The molecule has 0 bridgehead atoms. The van der Waals surface area contributed by atoms with Crippen LogP contribution in [-0.2, 0) is 0 Å². The minimum absolute atomic E-state index is 0.584. The SMILES string of the molecule is Cc1cc(C)c(-c2ccc(N3CCC4(CC3)CCN(C3CCC3)CC4)nn2)c(C)c1. The van der Waals surface area contributed by atoms with E-state index in [0.717, 1.165) is 30.6 Å². The third-order valence-electron chi connectivity index (χ3n) is 8.18. The monoisotopic (exact) mass is 404 g/mol. The lowest BCUT2D eigenvalue weighted by molar-refractivity contribution is 0.0305. The molecule has 2 saturated heterocycles. The first kappa shape index (κ1) is 20.0. The second-order valence-electron chi connectivity index (χ2n) is 10.2. The molecule has 0 radical (unpaired) electrons. The Balaban J connectivity index is 1.22. The number of piperidine rings is 2. The Hall–Kier alpha value is -1.94. The molecular weight excluding hydrogens is 368 g/mol. The van der Waals surface area contributed by atoms with Crippen LogP contribution in [0.2, 0.25) is 0 Å². The highest BCUT2D eigenvalue weighted by molar-refractivity contribution is 5.68. The molecule has 4 nitrogen and oxygen atoms in total. The summed E-state index contributed by atoms with van der Waals surface area (Å²) in [5.74, 6) is 1.04. The summed E-state index contributed by atoms with van der Waals surface area (Å²) in [4.78, 5) is 5.23. The molecule has 1 saturated carbocycles. The number of hydrogen-bond donors (Lipinski definition) is 0. The normalized spacial score (nSPS) is 22.3. The van der Waals surface area contributed by atoms with Crippen molar-refractivity contribution >= 4 is 5.82 Å². The molecule has 2 aromatic rings. The van der Waals surface area contributed by atoms with E-state index in [1.807, 2.05) is 0 Å². The van der Waals surface area contributed by atoms with Gasteiger partial charge in [-0.25, -0.2) is 0 Å². The first-order valence-corrected chi connectivity index (χ1v) is 11.9. The molecule has 3 fully saturated rings. The fourth-order valence-electron chi connectivity index (χ4n) is 6.04. The molecule has 4 heteroatoms. The standard InChI is InChI=1S/C26H36N4/c1-19-17-20(2)25(21(3)18-19)23-7-8-24(28-27-23)30-15-11-26(12-16-30)9-13-29(14-10-26)22-5-4-6-22/h7-8,17-18,22H,4-6,9-16H2,1-3H3. The maximum absolute atomic E-state index is 4.64. The Labute approximate surface area is 181 Å². The highest BCUT2D eigenvalue weighted by Crippen LogP contribution is 2.43. The van der Waals surface area contributed by atoms with Gasteiger partial charge >= 0.3 is 0 Å². The molecule has 1 aromatic carbocycles. The molecule has 1 aliphatic carbocycles. The van der Waals surface area contributed by atoms with Crippen molar-refractivity contribution in [3.63, 3.8) is 0 Å². The van der Waals surface area contributed by atoms with Crippen LogP contribution >= 0.6 is 0 Å². The van der Waals surface area contributed by atoms with Gasteiger partial charge in [0.15, 0.2) is 5.82 Å². The van der Waals surface area contributed by atoms with E-state index in [0.29, 0.717) is 5.41 Å². The summed E-state index contributed by atoms with van der Waals surface area (Å²) >= 11 is 0. The highest BCUT2D eigenvalue weighted by Gasteiger charge is 2.39. The van der Waals surface area contributed by atoms with Crippen LogP contribution in [0.25, 0.3) is 11.3 Å². The van der Waals surface area contributed by atoms with Gasteiger partial charge in [-0.2, -0.15) is 0 Å². The number of benzene rings is 1. The summed E-state index contributed by atoms with van der Waals surface area (Å²) in [6.45, 7) is 11.4. The third-order valence-corrected chi connectivity index (χ3v) is 8.18. The van der Waals surface area contributed by atoms with Gasteiger partial charge in [-0.3, -0.25) is 0 Å². The fourth-order valence-corrected chi connectivity index (χ4v) is 6.04. The molecule has 30 heavy (non-hydrogen) atoms. The number of anilines is 1. The van der Waals surface area contributed by atoms with E-state index in [4.69, 9.17) is 0 Å². The van der Waals surface area contributed by atoms with E-state index in [1.165, 1.54) is 80.3 Å². The molecular formula is C26H36N4. The van der Waals surface area contributed by atoms with Crippen LogP contribution in [0, 0.1) is 26.2 Å². The topological polar surface area (TPSA) is 32.3 Å². The van der Waals surface area contributed by atoms with E-state index in [-0.39, 0.29) is 0 Å². The first-order valence-electron chi connectivity index (χ1n) is 11.9. The van der Waals surface area contributed by atoms with E-state index < -0.39 is 0 Å². The summed E-state index contributed by atoms with van der Waals surface area (Å²) in [7, 11) is 0. The zero-order valence-corrected chi connectivity index (χ0v) is 19.0. The van der Waals surface area contributed by atoms with Gasteiger partial charge < -0.3 is 9.80 Å². The van der Waals surface area contributed by atoms with Crippen LogP contribution in [0.5, 0.6) is 0 Å². The number of hydrogen-bond acceptors (Lipinski definition) is 4. The smallest absolute Gasteiger partial charge is 0.151 e. The molecule has 1 aromatic heterocycles. The average Bonchev–Trinajstić information content (AvgIpc) is 2.69. The van der Waals surface area contributed by atoms with Crippen molar-refractivity contribution in [3.05, 3.63) is 41.0 Å². The van der Waals surface area contributed by atoms with Gasteiger partial charge in [-0.15, -0.1) is 10.2 Å². The number of aromatic nitrogens is 2. The van der Waals surface area contributed by atoms with Crippen LogP contribution in [0.3, 0.4) is 0 Å². The molecule has 3 heterocycles. The van der Waals surface area contributed by atoms with Gasteiger partial charge in [0.25, 0.3) is 0 Å². The minimum Gasteiger partial charge on any atom is -0.355 e. The van der Waals surface area contributed by atoms with Crippen LogP contribution in [-0.4, -0.2) is 47.3 Å². The van der Waals surface area contributed by atoms with Crippen molar-refractivity contribution < 1.29 is 0 Å². The quantitative estimate of drug-likeness (QED) is 0.694. The van der Waals surface area contributed by atoms with Gasteiger partial charge in [0.2, 0.25) is 0 Å². The van der Waals surface area contributed by atoms with Crippen LogP contribution in [0.15, 0.2) is 24.3 Å². The molecule has 3 aliphatic rings. The lowest BCUT2D eigenvalue weighted by atomic mass is 9.70. The van der Waals surface area contributed by atoms with Crippen LogP contribution < -0.4 is 4.90 Å². The third kappa shape index (κ3) is 3.75. The van der Waals surface area contributed by atoms with Crippen molar-refractivity contribution in [2.24, 2.45) is 5.41 Å². The maximum atomic E-state index is 4.64. The Kier molecular flexibility index (Phi) is 5.30. The molecule has 0 atom stereocenters. The van der Waals surface area contributed by atoms with Crippen molar-refractivity contribution in [2.45, 2.75) is 71.8 Å². The zero-order chi connectivity index (χ0) is 20.7. The van der Waals surface area contributed by atoms with Crippen LogP contribution in [0.4, 0.5) is 5.82 Å². The lowest BCUT2D eigenvalue weighted by Crippen LogP contribution is -2.51. The number of aryl methyl sites for hydroxylation is 3. The van der Waals surface area contributed by atoms with Gasteiger partial charge in [-0.05, 0) is 101 Å². The van der Waals surface area contributed by atoms with Gasteiger partial charge in [0, 0.05) is 24.7 Å². The van der Waals surface area contributed by atoms with Crippen LogP contribution in [0.1, 0.15) is 61.6 Å². The second kappa shape index (κ2) is 7.96. The number of rotatable bonds is 3. The van der Waals surface area contributed by atoms with E-state index >= 15 is 0 Å². The Morgan fingerprint density at radius 2 is 1.47 bits per heavy atom. The first-order chi connectivity index (χ1) is 14.5. The molecule has 2 aliphatic heterocycles. The average molecular weight is 405 g/mol. The second-order valence-corrected chi connectivity index (χ2v) is 10.2.